The van der Waals surface area contributed by atoms with Crippen molar-refractivity contribution in [1.29, 1.82) is 0 Å². The summed E-state index contributed by atoms with van der Waals surface area (Å²) >= 11 is 0. The quantitative estimate of drug-likeness (QED) is 0.362. The number of fused-ring (bicyclic) bond motifs is 5. The Morgan fingerprint density at radius 1 is 0.862 bits per heavy atom. The zero-order chi connectivity index (χ0) is 20.0. The van der Waals surface area contributed by atoms with Gasteiger partial charge < -0.3 is 8.97 Å². The highest BCUT2D eigenvalue weighted by Gasteiger charge is 2.34. The van der Waals surface area contributed by atoms with Crippen LogP contribution in [0, 0.1) is 0 Å². The van der Waals surface area contributed by atoms with Crippen molar-refractivity contribution in [1.82, 2.24) is 14.0 Å². The second-order valence-electron chi connectivity index (χ2n) is 7.19. The van der Waals surface area contributed by atoms with Crippen LogP contribution in [0.4, 0.5) is 13.2 Å². The van der Waals surface area contributed by atoms with Gasteiger partial charge in [0.15, 0.2) is 11.3 Å². The minimum atomic E-state index is -4.47. The molecule has 0 N–H and O–H groups in total. The molecule has 0 bridgehead atoms. The summed E-state index contributed by atoms with van der Waals surface area (Å²) < 4.78 is 43.3. The Hall–Kier alpha value is -3.28. The number of rotatable bonds is 4. The van der Waals surface area contributed by atoms with E-state index in [2.05, 4.69) is 21.7 Å². The van der Waals surface area contributed by atoms with Crippen LogP contribution in [-0.4, -0.2) is 14.0 Å². The van der Waals surface area contributed by atoms with E-state index in [9.17, 15) is 13.2 Å². The molecule has 0 aliphatic heterocycles. The van der Waals surface area contributed by atoms with Crippen LogP contribution in [0.3, 0.4) is 0 Å². The van der Waals surface area contributed by atoms with Gasteiger partial charge in [0.25, 0.3) is 0 Å². The van der Waals surface area contributed by atoms with Gasteiger partial charge in [-0.3, -0.25) is 0 Å². The predicted molar refractivity (Wildman–Crippen MR) is 108 cm³/mol. The van der Waals surface area contributed by atoms with Crippen molar-refractivity contribution in [2.75, 3.05) is 0 Å². The molecule has 5 rings (SSSR count). The summed E-state index contributed by atoms with van der Waals surface area (Å²) in [5.41, 5.74) is 2.48. The van der Waals surface area contributed by atoms with Crippen molar-refractivity contribution in [2.24, 2.45) is 0 Å². The van der Waals surface area contributed by atoms with E-state index in [1.165, 1.54) is 9.96 Å². The molecule has 2 aromatic carbocycles. The number of hydrogen-bond acceptors (Lipinski definition) is 1. The molecule has 0 saturated carbocycles. The van der Waals surface area contributed by atoms with E-state index in [1.54, 1.807) is 6.20 Å². The first kappa shape index (κ1) is 17.8. The topological polar surface area (TPSA) is 22.2 Å². The number of hydrogen-bond donors (Lipinski definition) is 0. The number of para-hydroxylation sites is 1. The zero-order valence-electron chi connectivity index (χ0n) is 15.5. The number of aryl methyl sites for hydroxylation is 2. The SMILES string of the molecule is FC(F)(F)c1cn2ccc3c4ccccc4n(CCCc4ccccc4)c3c2n1. The molecule has 146 valence electrons. The maximum absolute atomic E-state index is 13.2. The second-order valence-corrected chi connectivity index (χ2v) is 7.19. The summed E-state index contributed by atoms with van der Waals surface area (Å²) in [4.78, 5) is 3.95. The van der Waals surface area contributed by atoms with E-state index in [4.69, 9.17) is 0 Å². The lowest BCUT2D eigenvalue weighted by atomic mass is 10.1. The molecular formula is C23H18F3N3. The van der Waals surface area contributed by atoms with Crippen LogP contribution in [0.25, 0.3) is 27.5 Å². The molecule has 0 unspecified atom stereocenters. The smallest absolute Gasteiger partial charge is 0.337 e. The standard InChI is InChI=1S/C23H18F3N3/c24-23(25,26)20-15-28-14-12-18-17-10-4-5-11-19(17)29(21(18)22(28)27-20)13-6-9-16-7-2-1-3-8-16/h1-5,7-8,10-12,14-15H,6,9,13H2. The molecule has 0 aliphatic carbocycles. The molecule has 0 amide bonds. The maximum atomic E-state index is 13.2. The molecule has 3 heterocycles. The first-order valence-electron chi connectivity index (χ1n) is 9.52. The molecule has 5 aromatic rings. The van der Waals surface area contributed by atoms with E-state index in [-0.39, 0.29) is 0 Å². The summed E-state index contributed by atoms with van der Waals surface area (Å²) in [6, 6.07) is 20.0. The Labute approximate surface area is 165 Å². The van der Waals surface area contributed by atoms with Crippen LogP contribution in [0.2, 0.25) is 0 Å². The monoisotopic (exact) mass is 393 g/mol. The van der Waals surface area contributed by atoms with Crippen LogP contribution in [0.5, 0.6) is 0 Å². The number of nitrogens with zero attached hydrogens (tertiary/aromatic N) is 3. The second kappa shape index (κ2) is 6.65. The highest BCUT2D eigenvalue weighted by Crippen LogP contribution is 2.34. The normalized spacial score (nSPS) is 12.4. The molecule has 0 fully saturated rings. The van der Waals surface area contributed by atoms with E-state index < -0.39 is 11.9 Å². The Bertz CT molecular complexity index is 1310. The van der Waals surface area contributed by atoms with Crippen LogP contribution in [-0.2, 0) is 19.1 Å². The highest BCUT2D eigenvalue weighted by atomic mass is 19.4. The lowest BCUT2D eigenvalue weighted by Crippen LogP contribution is -2.04. The lowest BCUT2D eigenvalue weighted by molar-refractivity contribution is -0.140. The Morgan fingerprint density at radius 3 is 2.41 bits per heavy atom. The Balaban J connectivity index is 1.66. The molecule has 0 atom stereocenters. The lowest BCUT2D eigenvalue weighted by Gasteiger charge is -2.08. The Kier molecular flexibility index (Phi) is 4.08. The predicted octanol–water partition coefficient (Wildman–Crippen LogP) is 6.09. The van der Waals surface area contributed by atoms with Crippen LogP contribution in [0.15, 0.2) is 73.1 Å². The first-order valence-corrected chi connectivity index (χ1v) is 9.52. The van der Waals surface area contributed by atoms with E-state index in [1.807, 2.05) is 48.5 Å². The summed E-state index contributed by atoms with van der Waals surface area (Å²) in [6.07, 6.45) is 0.0236. The molecule has 6 heteroatoms. The molecule has 0 radical (unpaired) electrons. The fourth-order valence-electron chi connectivity index (χ4n) is 4.03. The summed E-state index contributed by atoms with van der Waals surface area (Å²) in [5.74, 6) is 0. The van der Waals surface area contributed by atoms with E-state index >= 15 is 0 Å². The number of pyridine rings is 1. The van der Waals surface area contributed by atoms with Gasteiger partial charge in [-0.15, -0.1) is 0 Å². The van der Waals surface area contributed by atoms with Gasteiger partial charge in [-0.25, -0.2) is 4.98 Å². The van der Waals surface area contributed by atoms with E-state index in [0.717, 1.165) is 40.8 Å². The van der Waals surface area contributed by atoms with Crippen molar-refractivity contribution in [3.8, 4) is 0 Å². The fraction of sp³-hybridized carbons (Fsp3) is 0.174. The van der Waals surface area contributed by atoms with Gasteiger partial charge in [-0.05, 0) is 30.5 Å². The van der Waals surface area contributed by atoms with Gasteiger partial charge in [0, 0.05) is 35.2 Å². The van der Waals surface area contributed by atoms with Crippen LogP contribution in [0.1, 0.15) is 17.7 Å². The average molecular weight is 393 g/mol. The number of benzene rings is 2. The van der Waals surface area contributed by atoms with Crippen LogP contribution >= 0.6 is 0 Å². The maximum Gasteiger partial charge on any atom is 0.434 e. The summed E-state index contributed by atoms with van der Waals surface area (Å²) in [7, 11) is 0. The van der Waals surface area contributed by atoms with Gasteiger partial charge in [-0.2, -0.15) is 13.2 Å². The van der Waals surface area contributed by atoms with Gasteiger partial charge in [0.2, 0.25) is 0 Å². The van der Waals surface area contributed by atoms with Crippen molar-refractivity contribution >= 4 is 27.5 Å². The molecule has 0 saturated heterocycles. The molecule has 0 aliphatic rings. The van der Waals surface area contributed by atoms with Crippen molar-refractivity contribution in [3.05, 3.63) is 84.3 Å². The Morgan fingerprint density at radius 2 is 1.62 bits per heavy atom. The number of aromatic nitrogens is 3. The molecule has 29 heavy (non-hydrogen) atoms. The van der Waals surface area contributed by atoms with Gasteiger partial charge in [0.1, 0.15) is 0 Å². The van der Waals surface area contributed by atoms with Crippen LogP contribution < -0.4 is 0 Å². The molecule has 0 spiro atoms. The number of halogens is 3. The highest BCUT2D eigenvalue weighted by molar-refractivity contribution is 6.12. The molecule has 3 aromatic heterocycles. The third-order valence-electron chi connectivity index (χ3n) is 5.34. The largest absolute Gasteiger partial charge is 0.434 e. The van der Waals surface area contributed by atoms with Gasteiger partial charge in [-0.1, -0.05) is 48.5 Å². The zero-order valence-corrected chi connectivity index (χ0v) is 15.5. The van der Waals surface area contributed by atoms with E-state index in [0.29, 0.717) is 12.2 Å². The third-order valence-corrected chi connectivity index (χ3v) is 5.34. The van der Waals surface area contributed by atoms with Crippen molar-refractivity contribution < 1.29 is 13.2 Å². The van der Waals surface area contributed by atoms with Gasteiger partial charge >= 0.3 is 6.18 Å². The third kappa shape index (κ3) is 3.05. The summed E-state index contributed by atoms with van der Waals surface area (Å²) in [6.45, 7) is 0.701. The average Bonchev–Trinajstić information content (AvgIpc) is 3.29. The first-order chi connectivity index (χ1) is 14.0. The molecule has 3 nitrogen and oxygen atoms in total. The number of imidazole rings is 1. The summed E-state index contributed by atoms with van der Waals surface area (Å²) in [5, 5.41) is 1.95. The fourth-order valence-corrected chi connectivity index (χ4v) is 4.03. The molecular weight excluding hydrogens is 375 g/mol. The van der Waals surface area contributed by atoms with Gasteiger partial charge in [0.05, 0.1) is 5.52 Å². The minimum Gasteiger partial charge on any atom is -0.337 e. The van der Waals surface area contributed by atoms with Crippen molar-refractivity contribution in [3.63, 3.8) is 0 Å². The van der Waals surface area contributed by atoms with Crippen molar-refractivity contribution in [2.45, 2.75) is 25.6 Å². The number of alkyl halides is 3. The minimum absolute atomic E-state index is 0.339.